The maximum atomic E-state index is 12.8. The normalized spacial score (nSPS) is 10.0. The van der Waals surface area contributed by atoms with Crippen molar-refractivity contribution in [3.05, 3.63) is 48.0 Å². The van der Waals surface area contributed by atoms with E-state index in [-0.39, 0.29) is 24.1 Å². The van der Waals surface area contributed by atoms with Crippen molar-refractivity contribution in [3.63, 3.8) is 0 Å². The summed E-state index contributed by atoms with van der Waals surface area (Å²) in [6, 6.07) is 7.53. The van der Waals surface area contributed by atoms with Gasteiger partial charge in [-0.1, -0.05) is 0 Å². The van der Waals surface area contributed by atoms with Crippen LogP contribution < -0.4 is 11.1 Å². The zero-order chi connectivity index (χ0) is 14.4. The quantitative estimate of drug-likeness (QED) is 0.800. The van der Waals surface area contributed by atoms with Crippen molar-refractivity contribution < 1.29 is 9.18 Å². The van der Waals surface area contributed by atoms with Gasteiger partial charge in [0, 0.05) is 12.7 Å². The summed E-state index contributed by atoms with van der Waals surface area (Å²) in [6.07, 6.45) is 3.40. The van der Waals surface area contributed by atoms with Gasteiger partial charge in [0.25, 0.3) is 5.91 Å². The van der Waals surface area contributed by atoms with Gasteiger partial charge in [0.1, 0.15) is 5.82 Å². The van der Waals surface area contributed by atoms with Gasteiger partial charge >= 0.3 is 0 Å². The van der Waals surface area contributed by atoms with Crippen LogP contribution in [0, 0.1) is 5.82 Å². The molecule has 1 amide bonds. The standard InChI is InChI=1S/C14H17FN4O.ClH/c15-11-3-5-12(6-4-11)19-10-7-13(18-19)14(20)17-9-2-1-8-16;/h3-7,10H,1-2,8-9,16H2,(H,17,20);1H. The Bertz CT molecular complexity index is 571. The fourth-order valence-electron chi connectivity index (χ4n) is 1.74. The Balaban J connectivity index is 0.00000220. The molecule has 3 N–H and O–H groups in total. The molecule has 0 atom stereocenters. The molecular weight excluding hydrogens is 295 g/mol. The summed E-state index contributed by atoms with van der Waals surface area (Å²) in [6.45, 7) is 1.20. The molecule has 0 fully saturated rings. The van der Waals surface area contributed by atoms with Crippen LogP contribution in [0.15, 0.2) is 36.5 Å². The number of unbranched alkanes of at least 4 members (excludes halogenated alkanes) is 1. The fourth-order valence-corrected chi connectivity index (χ4v) is 1.74. The zero-order valence-electron chi connectivity index (χ0n) is 11.5. The van der Waals surface area contributed by atoms with Gasteiger partial charge in [-0.3, -0.25) is 4.79 Å². The third-order valence-corrected chi connectivity index (χ3v) is 2.83. The van der Waals surface area contributed by atoms with E-state index in [2.05, 4.69) is 10.4 Å². The van der Waals surface area contributed by atoms with Gasteiger partial charge in [-0.05, 0) is 49.7 Å². The Morgan fingerprint density at radius 2 is 1.95 bits per heavy atom. The zero-order valence-corrected chi connectivity index (χ0v) is 12.3. The van der Waals surface area contributed by atoms with Gasteiger partial charge in [0.2, 0.25) is 0 Å². The van der Waals surface area contributed by atoms with Crippen molar-refractivity contribution in [1.29, 1.82) is 0 Å². The highest BCUT2D eigenvalue weighted by Gasteiger charge is 2.09. The van der Waals surface area contributed by atoms with Crippen LogP contribution in [0.1, 0.15) is 23.3 Å². The molecule has 0 spiro atoms. The van der Waals surface area contributed by atoms with Crippen molar-refractivity contribution in [2.75, 3.05) is 13.1 Å². The van der Waals surface area contributed by atoms with Gasteiger partial charge < -0.3 is 11.1 Å². The lowest BCUT2D eigenvalue weighted by molar-refractivity contribution is 0.0947. The summed E-state index contributed by atoms with van der Waals surface area (Å²) in [5, 5.41) is 6.94. The first kappa shape index (κ1) is 17.1. The van der Waals surface area contributed by atoms with E-state index in [1.54, 1.807) is 24.4 Å². The van der Waals surface area contributed by atoms with Gasteiger partial charge in [0.05, 0.1) is 5.69 Å². The Morgan fingerprint density at radius 3 is 2.62 bits per heavy atom. The van der Waals surface area contributed by atoms with E-state index in [0.717, 1.165) is 12.8 Å². The monoisotopic (exact) mass is 312 g/mol. The van der Waals surface area contributed by atoms with Crippen molar-refractivity contribution >= 4 is 18.3 Å². The second-order valence-corrected chi connectivity index (χ2v) is 4.37. The van der Waals surface area contributed by atoms with Crippen LogP contribution in [-0.4, -0.2) is 28.8 Å². The van der Waals surface area contributed by atoms with Crippen LogP contribution in [0.25, 0.3) is 5.69 Å². The minimum Gasteiger partial charge on any atom is -0.351 e. The highest BCUT2D eigenvalue weighted by atomic mass is 35.5. The Morgan fingerprint density at radius 1 is 1.24 bits per heavy atom. The summed E-state index contributed by atoms with van der Waals surface area (Å²) < 4.78 is 14.4. The fraction of sp³-hybridized carbons (Fsp3) is 0.286. The van der Waals surface area contributed by atoms with E-state index in [4.69, 9.17) is 5.73 Å². The first-order valence-electron chi connectivity index (χ1n) is 6.50. The molecule has 1 heterocycles. The third-order valence-electron chi connectivity index (χ3n) is 2.83. The minimum atomic E-state index is -0.307. The first-order chi connectivity index (χ1) is 9.70. The number of halogens is 2. The molecule has 0 unspecified atom stereocenters. The molecule has 0 bridgehead atoms. The number of benzene rings is 1. The van der Waals surface area contributed by atoms with Crippen molar-refractivity contribution in [1.82, 2.24) is 15.1 Å². The number of nitrogens with one attached hydrogen (secondary N) is 1. The van der Waals surface area contributed by atoms with Crippen LogP contribution in [0.4, 0.5) is 4.39 Å². The molecule has 2 rings (SSSR count). The smallest absolute Gasteiger partial charge is 0.271 e. The van der Waals surface area contributed by atoms with E-state index in [0.29, 0.717) is 24.5 Å². The molecule has 114 valence electrons. The van der Waals surface area contributed by atoms with Gasteiger partial charge in [-0.2, -0.15) is 5.10 Å². The average molecular weight is 313 g/mol. The van der Waals surface area contributed by atoms with Crippen LogP contribution in [0.3, 0.4) is 0 Å². The molecule has 1 aromatic heterocycles. The van der Waals surface area contributed by atoms with E-state index in [1.807, 2.05) is 0 Å². The Kier molecular flexibility index (Phi) is 6.84. The highest BCUT2D eigenvalue weighted by Crippen LogP contribution is 2.08. The maximum Gasteiger partial charge on any atom is 0.271 e. The predicted octanol–water partition coefficient (Wildman–Crippen LogP) is 1.90. The topological polar surface area (TPSA) is 72.9 Å². The summed E-state index contributed by atoms with van der Waals surface area (Å²) in [4.78, 5) is 11.8. The number of carbonyl (C=O) groups is 1. The molecule has 0 radical (unpaired) electrons. The highest BCUT2D eigenvalue weighted by molar-refractivity contribution is 5.92. The van der Waals surface area contributed by atoms with Crippen LogP contribution >= 0.6 is 12.4 Å². The molecule has 0 aliphatic heterocycles. The van der Waals surface area contributed by atoms with Crippen LogP contribution in [-0.2, 0) is 0 Å². The number of hydrogen-bond donors (Lipinski definition) is 2. The molecule has 1 aromatic carbocycles. The SMILES string of the molecule is Cl.NCCCCNC(=O)c1ccn(-c2ccc(F)cc2)n1. The van der Waals surface area contributed by atoms with Gasteiger partial charge in [0.15, 0.2) is 5.69 Å². The van der Waals surface area contributed by atoms with Crippen molar-refractivity contribution in [2.45, 2.75) is 12.8 Å². The molecule has 2 aromatic rings. The number of amides is 1. The third kappa shape index (κ3) is 4.84. The minimum absolute atomic E-state index is 0. The number of nitrogens with two attached hydrogens (primary N) is 1. The van der Waals surface area contributed by atoms with E-state index in [9.17, 15) is 9.18 Å². The maximum absolute atomic E-state index is 12.8. The molecular formula is C14H18ClFN4O. The average Bonchev–Trinajstić information content (AvgIpc) is 2.94. The van der Waals surface area contributed by atoms with Gasteiger partial charge in [-0.15, -0.1) is 12.4 Å². The molecule has 0 aliphatic carbocycles. The summed E-state index contributed by atoms with van der Waals surface area (Å²) in [7, 11) is 0. The molecule has 7 heteroatoms. The summed E-state index contributed by atoms with van der Waals surface area (Å²) in [5.41, 5.74) is 6.42. The van der Waals surface area contributed by atoms with Crippen LogP contribution in [0.2, 0.25) is 0 Å². The number of carbonyl (C=O) groups excluding carboxylic acids is 1. The lowest BCUT2D eigenvalue weighted by atomic mass is 10.3. The Labute approximate surface area is 128 Å². The molecule has 0 saturated carbocycles. The van der Waals surface area contributed by atoms with E-state index < -0.39 is 0 Å². The number of nitrogens with zero attached hydrogens (tertiary/aromatic N) is 2. The lowest BCUT2D eigenvalue weighted by Gasteiger charge is -2.02. The van der Waals surface area contributed by atoms with Crippen molar-refractivity contribution in [2.24, 2.45) is 5.73 Å². The second-order valence-electron chi connectivity index (χ2n) is 4.37. The van der Waals surface area contributed by atoms with E-state index >= 15 is 0 Å². The number of hydrogen-bond acceptors (Lipinski definition) is 3. The Hall–Kier alpha value is -1.92. The number of rotatable bonds is 6. The largest absolute Gasteiger partial charge is 0.351 e. The summed E-state index contributed by atoms with van der Waals surface area (Å²) >= 11 is 0. The van der Waals surface area contributed by atoms with Crippen molar-refractivity contribution in [3.8, 4) is 5.69 Å². The molecule has 21 heavy (non-hydrogen) atoms. The molecule has 0 aliphatic rings. The summed E-state index contributed by atoms with van der Waals surface area (Å²) in [5.74, 6) is -0.526. The first-order valence-corrected chi connectivity index (χ1v) is 6.50. The van der Waals surface area contributed by atoms with Gasteiger partial charge in [-0.25, -0.2) is 9.07 Å². The second kappa shape index (κ2) is 8.39. The lowest BCUT2D eigenvalue weighted by Crippen LogP contribution is -2.25. The molecule has 5 nitrogen and oxygen atoms in total. The number of aromatic nitrogens is 2. The predicted molar refractivity (Wildman–Crippen MR) is 81.4 cm³/mol. The van der Waals surface area contributed by atoms with E-state index in [1.165, 1.54) is 16.8 Å². The molecule has 0 saturated heterocycles. The van der Waals surface area contributed by atoms with Crippen LogP contribution in [0.5, 0.6) is 0 Å².